The Morgan fingerprint density at radius 2 is 1.10 bits per heavy atom. The van der Waals surface area contributed by atoms with Crippen molar-refractivity contribution in [2.24, 2.45) is 0 Å². The molecule has 8 nitrogen and oxygen atoms in total. The third-order valence-corrected chi connectivity index (χ3v) is 10.1. The maximum absolute atomic E-state index is 12.8. The van der Waals surface area contributed by atoms with Crippen LogP contribution in [0, 0.1) is 0 Å². The first-order valence-corrected chi connectivity index (χ1v) is 22.2. The fraction of sp³-hybridized carbons (Fsp3) is 0.878. The summed E-state index contributed by atoms with van der Waals surface area (Å²) < 4.78 is 23.1. The number of aliphatic hydroxyl groups excluding tert-OH is 1. The van der Waals surface area contributed by atoms with Gasteiger partial charge in [-0.2, -0.15) is 0 Å². The molecule has 0 aromatic rings. The van der Waals surface area contributed by atoms with Crippen LogP contribution in [0.3, 0.4) is 0 Å². The SMILES string of the molecule is CCCCCC/C=C\CCCCCCCCCC(=O)NC(COP(=O)([O-])OCC[N+](C)(C)C)C(O)/C=C/CCCCCCCCCCCCC. The number of nitrogens with zero attached hydrogens (tertiary/aromatic N) is 1. The number of phosphoric acid groups is 1. The quantitative estimate of drug-likeness (QED) is 0.0285. The summed E-state index contributed by atoms with van der Waals surface area (Å²) in [6.45, 7) is 4.61. The summed E-state index contributed by atoms with van der Waals surface area (Å²) in [5.74, 6) is -0.204. The van der Waals surface area contributed by atoms with E-state index in [-0.39, 0.29) is 19.1 Å². The number of unbranched alkanes of at least 4 members (excludes halogenated alkanes) is 22. The molecule has 0 aliphatic heterocycles. The molecule has 9 heteroatoms. The summed E-state index contributed by atoms with van der Waals surface area (Å²) in [6.07, 6.45) is 37.8. The van der Waals surface area contributed by atoms with Gasteiger partial charge in [-0.1, -0.05) is 154 Å². The highest BCUT2D eigenvalue weighted by molar-refractivity contribution is 7.45. The molecular weight excluding hydrogens is 647 g/mol. The van der Waals surface area contributed by atoms with E-state index in [4.69, 9.17) is 9.05 Å². The summed E-state index contributed by atoms with van der Waals surface area (Å²) in [7, 11) is 1.26. The number of hydrogen-bond acceptors (Lipinski definition) is 6. The predicted octanol–water partition coefficient (Wildman–Crippen LogP) is 10.3. The van der Waals surface area contributed by atoms with Crippen LogP contribution in [0.2, 0.25) is 0 Å². The fourth-order valence-electron chi connectivity index (χ4n) is 5.79. The first kappa shape index (κ1) is 49.0. The molecule has 0 aromatic carbocycles. The molecule has 0 saturated carbocycles. The van der Waals surface area contributed by atoms with Crippen LogP contribution in [0.5, 0.6) is 0 Å². The Balaban J connectivity index is 4.48. The molecule has 0 radical (unpaired) electrons. The van der Waals surface area contributed by atoms with E-state index in [0.717, 1.165) is 38.5 Å². The number of allylic oxidation sites excluding steroid dienone is 3. The van der Waals surface area contributed by atoms with Gasteiger partial charge in [0.25, 0.3) is 7.82 Å². The molecule has 0 spiro atoms. The van der Waals surface area contributed by atoms with Gasteiger partial charge in [-0.15, -0.1) is 0 Å². The van der Waals surface area contributed by atoms with E-state index >= 15 is 0 Å². The molecule has 0 aromatic heterocycles. The van der Waals surface area contributed by atoms with Gasteiger partial charge in [-0.25, -0.2) is 0 Å². The topological polar surface area (TPSA) is 108 Å². The van der Waals surface area contributed by atoms with Crippen molar-refractivity contribution in [3.8, 4) is 0 Å². The number of carbonyl (C=O) groups is 1. The van der Waals surface area contributed by atoms with E-state index in [1.165, 1.54) is 122 Å². The summed E-state index contributed by atoms with van der Waals surface area (Å²) in [5, 5.41) is 13.7. The van der Waals surface area contributed by atoms with E-state index in [1.807, 2.05) is 27.2 Å². The lowest BCUT2D eigenvalue weighted by Crippen LogP contribution is -2.45. The minimum absolute atomic E-state index is 0.00103. The molecule has 0 rings (SSSR count). The number of quaternary nitrogens is 1. The second kappa shape index (κ2) is 33.8. The molecule has 0 heterocycles. The van der Waals surface area contributed by atoms with Crippen LogP contribution < -0.4 is 10.2 Å². The average molecular weight is 729 g/mol. The Labute approximate surface area is 309 Å². The zero-order chi connectivity index (χ0) is 37.2. The van der Waals surface area contributed by atoms with Crippen molar-refractivity contribution in [2.75, 3.05) is 40.9 Å². The summed E-state index contributed by atoms with van der Waals surface area (Å²) in [5.41, 5.74) is 0. The maximum atomic E-state index is 12.8. The molecule has 296 valence electrons. The van der Waals surface area contributed by atoms with Crippen molar-refractivity contribution in [1.82, 2.24) is 5.32 Å². The monoisotopic (exact) mass is 729 g/mol. The summed E-state index contributed by atoms with van der Waals surface area (Å²) in [4.78, 5) is 25.2. The Morgan fingerprint density at radius 3 is 1.58 bits per heavy atom. The van der Waals surface area contributed by atoms with E-state index in [2.05, 4.69) is 31.3 Å². The molecule has 0 aliphatic carbocycles. The van der Waals surface area contributed by atoms with Crippen LogP contribution in [-0.2, 0) is 18.4 Å². The molecule has 1 amide bonds. The Bertz CT molecular complexity index is 876. The molecule has 0 saturated heterocycles. The molecule has 0 bridgehead atoms. The third kappa shape index (κ3) is 35.4. The van der Waals surface area contributed by atoms with Crippen molar-refractivity contribution in [2.45, 2.75) is 193 Å². The van der Waals surface area contributed by atoms with Crippen molar-refractivity contribution in [3.05, 3.63) is 24.3 Å². The van der Waals surface area contributed by atoms with Crippen LogP contribution in [-0.4, -0.2) is 68.5 Å². The lowest BCUT2D eigenvalue weighted by atomic mass is 10.0. The fourth-order valence-corrected chi connectivity index (χ4v) is 6.52. The van der Waals surface area contributed by atoms with E-state index in [1.54, 1.807) is 6.08 Å². The molecule has 0 aliphatic rings. The number of phosphoric ester groups is 1. The lowest BCUT2D eigenvalue weighted by molar-refractivity contribution is -0.870. The molecule has 3 atom stereocenters. The first-order valence-electron chi connectivity index (χ1n) is 20.7. The minimum atomic E-state index is -4.58. The zero-order valence-electron chi connectivity index (χ0n) is 33.4. The molecular formula is C41H81N2O6P. The summed E-state index contributed by atoms with van der Waals surface area (Å²) in [6, 6.07) is -0.884. The average Bonchev–Trinajstić information content (AvgIpc) is 3.06. The summed E-state index contributed by atoms with van der Waals surface area (Å²) >= 11 is 0. The van der Waals surface area contributed by atoms with Crippen molar-refractivity contribution in [1.29, 1.82) is 0 Å². The predicted molar refractivity (Wildman–Crippen MR) is 210 cm³/mol. The lowest BCUT2D eigenvalue weighted by Gasteiger charge is -2.29. The van der Waals surface area contributed by atoms with Gasteiger partial charge in [0.2, 0.25) is 5.91 Å². The highest BCUT2D eigenvalue weighted by Gasteiger charge is 2.23. The van der Waals surface area contributed by atoms with Gasteiger partial charge < -0.3 is 28.8 Å². The Morgan fingerprint density at radius 1 is 0.680 bits per heavy atom. The zero-order valence-corrected chi connectivity index (χ0v) is 34.2. The van der Waals surface area contributed by atoms with Gasteiger partial charge in [-0.05, 0) is 44.9 Å². The maximum Gasteiger partial charge on any atom is 0.268 e. The van der Waals surface area contributed by atoms with Gasteiger partial charge in [0.05, 0.1) is 39.9 Å². The van der Waals surface area contributed by atoms with E-state index in [0.29, 0.717) is 17.4 Å². The van der Waals surface area contributed by atoms with Crippen LogP contribution in [0.1, 0.15) is 181 Å². The van der Waals surface area contributed by atoms with Crippen LogP contribution in [0.15, 0.2) is 24.3 Å². The van der Waals surface area contributed by atoms with Crippen LogP contribution in [0.25, 0.3) is 0 Å². The number of aliphatic hydroxyl groups is 1. The minimum Gasteiger partial charge on any atom is -0.756 e. The molecule has 3 unspecified atom stereocenters. The number of carbonyl (C=O) groups excluding carboxylic acids is 1. The van der Waals surface area contributed by atoms with Gasteiger partial charge in [0.1, 0.15) is 13.2 Å². The third-order valence-electron chi connectivity index (χ3n) is 9.16. The second-order valence-corrected chi connectivity index (χ2v) is 16.8. The van der Waals surface area contributed by atoms with Gasteiger partial charge >= 0.3 is 0 Å². The standard InChI is InChI=1S/C41H81N2O6P/c1-6-8-10-12-14-16-18-20-21-23-25-27-29-31-33-35-41(45)42-39(38-49-50(46,47)48-37-36-43(3,4)5)40(44)34-32-30-28-26-24-22-19-17-15-13-11-9-7-2/h16,18,32,34,39-40,44H,6-15,17,19-31,33,35-38H2,1-5H3,(H-,42,45,46,47)/b18-16-,34-32+. The number of likely N-dealkylation sites (N-methyl/N-ethyl adjacent to an activating group) is 1. The van der Waals surface area contributed by atoms with Gasteiger partial charge in [0.15, 0.2) is 0 Å². The first-order chi connectivity index (χ1) is 24.0. The smallest absolute Gasteiger partial charge is 0.268 e. The number of hydrogen-bond donors (Lipinski definition) is 2. The number of rotatable bonds is 37. The van der Waals surface area contributed by atoms with Crippen molar-refractivity contribution < 1.29 is 32.9 Å². The normalized spacial score (nSPS) is 14.8. The van der Waals surface area contributed by atoms with Crippen LogP contribution in [0.4, 0.5) is 0 Å². The van der Waals surface area contributed by atoms with E-state index in [9.17, 15) is 19.4 Å². The van der Waals surface area contributed by atoms with Crippen molar-refractivity contribution in [3.63, 3.8) is 0 Å². The number of nitrogens with one attached hydrogen (secondary N) is 1. The van der Waals surface area contributed by atoms with E-state index < -0.39 is 20.0 Å². The Hall–Kier alpha value is -1.02. The van der Waals surface area contributed by atoms with Gasteiger partial charge in [-0.3, -0.25) is 9.36 Å². The Kier molecular flexibility index (Phi) is 33.1. The highest BCUT2D eigenvalue weighted by Crippen LogP contribution is 2.38. The molecule has 2 N–H and O–H groups in total. The number of amides is 1. The second-order valence-electron chi connectivity index (χ2n) is 15.3. The van der Waals surface area contributed by atoms with Gasteiger partial charge in [0, 0.05) is 6.42 Å². The molecule has 50 heavy (non-hydrogen) atoms. The largest absolute Gasteiger partial charge is 0.756 e. The van der Waals surface area contributed by atoms with Crippen molar-refractivity contribution >= 4 is 13.7 Å². The van der Waals surface area contributed by atoms with Crippen LogP contribution >= 0.6 is 7.82 Å². The molecule has 0 fully saturated rings. The highest BCUT2D eigenvalue weighted by atomic mass is 31.2.